The second-order valence-corrected chi connectivity index (χ2v) is 16.4. The monoisotopic (exact) mass is 868 g/mol. The summed E-state index contributed by atoms with van der Waals surface area (Å²) in [5.41, 5.74) is -10.6. The third-order valence-corrected chi connectivity index (χ3v) is 12.3. The summed E-state index contributed by atoms with van der Waals surface area (Å²) in [7, 11) is 0. The van der Waals surface area contributed by atoms with Crippen LogP contribution < -0.4 is 0 Å². The first kappa shape index (κ1) is 45.5. The maximum Gasteiger partial charge on any atom is 0.340 e. The zero-order valence-electron chi connectivity index (χ0n) is 35.4. The predicted molar refractivity (Wildman–Crippen MR) is 203 cm³/mol. The van der Waals surface area contributed by atoms with Crippen LogP contribution in [0.2, 0.25) is 0 Å². The van der Waals surface area contributed by atoms with Gasteiger partial charge in [-0.3, -0.25) is 38.7 Å². The van der Waals surface area contributed by atoms with Crippen LogP contribution in [-0.2, 0) is 71.4 Å². The summed E-state index contributed by atoms with van der Waals surface area (Å²) in [4.78, 5) is 118. The summed E-state index contributed by atoms with van der Waals surface area (Å²) in [6.45, 7) is 8.60. The van der Waals surface area contributed by atoms with Crippen molar-refractivity contribution in [3.63, 3.8) is 0 Å². The Bertz CT molecular complexity index is 2160. The van der Waals surface area contributed by atoms with Gasteiger partial charge in [-0.1, -0.05) is 13.8 Å². The summed E-state index contributed by atoms with van der Waals surface area (Å²) in [6.07, 6.45) is -8.46. The zero-order valence-corrected chi connectivity index (χ0v) is 35.4. The lowest BCUT2D eigenvalue weighted by Crippen LogP contribution is -2.89. The molecule has 4 aliphatic rings. The molecule has 0 unspecified atom stereocenters. The standard InChI is InChI=1S/C42H48N2O18/c1-19-20(2)36(50)60-33-31(57-23(5)47)35(61-37(51)26-12-10-14-43-16-26)41(18-54-21(3)45)34(59-25(7)49)30(56-22(4)46)28-32(58-24(6)48)42(41,40(33,9)53)62-39(28,8)17-55-38(52)27-13-11-15-44-29(19)27/h10-16,19-20,28,30-35,53H,17-18H2,1-9H3/t19-,20-,28+,30+,31-,32+,33-,34+,35-,39-,40-,41+,42-/m0/s1. The fourth-order valence-electron chi connectivity index (χ4n) is 9.74. The van der Waals surface area contributed by atoms with E-state index in [9.17, 15) is 43.5 Å². The van der Waals surface area contributed by atoms with Crippen molar-refractivity contribution in [3.8, 4) is 0 Å². The molecule has 2 aliphatic carbocycles. The molecule has 334 valence electrons. The van der Waals surface area contributed by atoms with Crippen molar-refractivity contribution < 1.29 is 86.1 Å². The van der Waals surface area contributed by atoms with E-state index >= 15 is 0 Å². The van der Waals surface area contributed by atoms with Crippen LogP contribution >= 0.6 is 0 Å². The van der Waals surface area contributed by atoms with E-state index in [1.54, 1.807) is 6.92 Å². The third kappa shape index (κ3) is 7.41. The maximum absolute atomic E-state index is 14.6. The Labute approximate surface area is 355 Å². The first-order valence-electron chi connectivity index (χ1n) is 19.7. The molecule has 62 heavy (non-hydrogen) atoms. The van der Waals surface area contributed by atoms with Crippen LogP contribution in [0.5, 0.6) is 0 Å². The Morgan fingerprint density at radius 1 is 0.774 bits per heavy atom. The minimum Gasteiger partial charge on any atom is -0.465 e. The molecule has 0 radical (unpaired) electrons. The van der Waals surface area contributed by atoms with Gasteiger partial charge in [0, 0.05) is 59.1 Å². The quantitative estimate of drug-likeness (QED) is 0.292. The lowest BCUT2D eigenvalue weighted by Gasteiger charge is -2.67. The highest BCUT2D eigenvalue weighted by atomic mass is 16.7. The Morgan fingerprint density at radius 2 is 1.37 bits per heavy atom. The van der Waals surface area contributed by atoms with Gasteiger partial charge in [-0.05, 0) is 38.1 Å². The van der Waals surface area contributed by atoms with Crippen molar-refractivity contribution in [2.24, 2.45) is 17.3 Å². The first-order chi connectivity index (χ1) is 29.0. The average Bonchev–Trinajstić information content (AvgIpc) is 3.42. The fraction of sp³-hybridized carbons (Fsp3) is 0.571. The largest absolute Gasteiger partial charge is 0.465 e. The number of rotatable bonds is 8. The molecule has 2 saturated carbocycles. The number of ether oxygens (including phenoxy) is 9. The number of hydrogen-bond donors (Lipinski definition) is 1. The Hall–Kier alpha value is -6.02. The average molecular weight is 869 g/mol. The number of hydrogen-bond acceptors (Lipinski definition) is 20. The van der Waals surface area contributed by atoms with Crippen molar-refractivity contribution in [2.45, 2.75) is 122 Å². The second-order valence-electron chi connectivity index (χ2n) is 16.4. The molecule has 1 saturated heterocycles. The summed E-state index contributed by atoms with van der Waals surface area (Å²) in [6, 6.07) is 5.61. The molecule has 0 aromatic carbocycles. The summed E-state index contributed by atoms with van der Waals surface area (Å²) in [5, 5.41) is 13.6. The number of carbonyl (C=O) groups excluding carboxylic acids is 8. The van der Waals surface area contributed by atoms with Gasteiger partial charge in [0.1, 0.15) is 42.0 Å². The first-order valence-corrected chi connectivity index (χ1v) is 19.7. The normalized spacial score (nSPS) is 36.0. The minimum atomic E-state index is -2.87. The molecule has 2 aromatic rings. The molecule has 6 rings (SSSR count). The Morgan fingerprint density at radius 3 is 1.97 bits per heavy atom. The van der Waals surface area contributed by atoms with E-state index in [-0.39, 0.29) is 16.8 Å². The Kier molecular flexibility index (Phi) is 12.2. The van der Waals surface area contributed by atoms with E-state index in [4.69, 9.17) is 42.6 Å². The van der Waals surface area contributed by atoms with Gasteiger partial charge in [-0.15, -0.1) is 0 Å². The summed E-state index contributed by atoms with van der Waals surface area (Å²) in [5.74, 6) is -12.0. The number of cyclic esters (lactones) is 1. The third-order valence-electron chi connectivity index (χ3n) is 12.3. The van der Waals surface area contributed by atoms with Gasteiger partial charge >= 0.3 is 47.8 Å². The highest BCUT2D eigenvalue weighted by Gasteiger charge is 2.92. The molecular formula is C42H48N2O18. The molecule has 2 aromatic heterocycles. The van der Waals surface area contributed by atoms with Crippen LogP contribution in [0.15, 0.2) is 42.9 Å². The SMILES string of the molecule is CC(=O)OC[C@]12[C@H](OC(C)=O)[C@H](OC(C)=O)[C@@H]3[C@@H](OC(C)=O)[C@@]14O[C@@]3(C)COC(=O)c1cccnc1[C@@H](C)[C@H](C)C(=O)O[C@@H]([C@H](OC(C)=O)[C@@H]2OC(=O)c1cccnc1)[C@]4(C)O. The lowest BCUT2D eigenvalue weighted by molar-refractivity contribution is -0.385. The van der Waals surface area contributed by atoms with E-state index in [0.717, 1.165) is 47.7 Å². The molecule has 13 atom stereocenters. The second kappa shape index (κ2) is 16.7. The summed E-state index contributed by atoms with van der Waals surface area (Å²) < 4.78 is 55.3. The van der Waals surface area contributed by atoms with Crippen LogP contribution in [0.4, 0.5) is 0 Å². The molecule has 20 nitrogen and oxygen atoms in total. The number of fused-ring (bicyclic) bond motifs is 5. The van der Waals surface area contributed by atoms with Crippen LogP contribution in [-0.4, -0.2) is 129 Å². The van der Waals surface area contributed by atoms with E-state index in [0.29, 0.717) is 0 Å². The molecule has 4 bridgehead atoms. The van der Waals surface area contributed by atoms with Gasteiger partial charge in [0.15, 0.2) is 30.0 Å². The minimum absolute atomic E-state index is 0.0538. The zero-order chi connectivity index (χ0) is 45.7. The molecule has 1 N–H and O–H groups in total. The number of esters is 8. The lowest BCUT2D eigenvalue weighted by atomic mass is 9.45. The molecule has 0 amide bonds. The van der Waals surface area contributed by atoms with Crippen molar-refractivity contribution >= 4 is 47.8 Å². The van der Waals surface area contributed by atoms with Gasteiger partial charge in [-0.25, -0.2) is 9.59 Å². The molecule has 2 aliphatic heterocycles. The molecule has 20 heteroatoms. The van der Waals surface area contributed by atoms with Gasteiger partial charge in [0.25, 0.3) is 0 Å². The van der Waals surface area contributed by atoms with Gasteiger partial charge in [-0.2, -0.15) is 0 Å². The number of nitrogens with zero attached hydrogens (tertiary/aromatic N) is 2. The number of carbonyl (C=O) groups is 8. The molecule has 4 heterocycles. The van der Waals surface area contributed by atoms with E-state index in [1.165, 1.54) is 50.5 Å². The van der Waals surface area contributed by atoms with Crippen molar-refractivity contribution in [1.29, 1.82) is 0 Å². The van der Waals surface area contributed by atoms with Gasteiger partial charge in [0.2, 0.25) is 0 Å². The van der Waals surface area contributed by atoms with Crippen LogP contribution in [0.25, 0.3) is 0 Å². The summed E-state index contributed by atoms with van der Waals surface area (Å²) >= 11 is 0. The van der Waals surface area contributed by atoms with Crippen molar-refractivity contribution in [3.05, 3.63) is 59.7 Å². The molecule has 3 fully saturated rings. The van der Waals surface area contributed by atoms with Crippen LogP contribution in [0, 0.1) is 17.3 Å². The van der Waals surface area contributed by atoms with E-state index in [2.05, 4.69) is 9.97 Å². The smallest absolute Gasteiger partial charge is 0.340 e. The van der Waals surface area contributed by atoms with Gasteiger partial charge < -0.3 is 47.7 Å². The highest BCUT2D eigenvalue weighted by molar-refractivity contribution is 5.91. The highest BCUT2D eigenvalue weighted by Crippen LogP contribution is 2.70. The number of aliphatic hydroxyl groups is 1. The Balaban J connectivity index is 1.81. The molecular weight excluding hydrogens is 820 g/mol. The van der Waals surface area contributed by atoms with E-state index in [1.807, 2.05) is 0 Å². The predicted octanol–water partition coefficient (Wildman–Crippen LogP) is 1.72. The topological polar surface area (TPSA) is 266 Å². The molecule has 1 spiro atoms. The fourth-order valence-corrected chi connectivity index (χ4v) is 9.74. The number of pyridine rings is 2. The van der Waals surface area contributed by atoms with Crippen LogP contribution in [0.3, 0.4) is 0 Å². The van der Waals surface area contributed by atoms with Gasteiger partial charge in [0.05, 0.1) is 28.7 Å². The van der Waals surface area contributed by atoms with Crippen LogP contribution in [0.1, 0.15) is 94.6 Å². The van der Waals surface area contributed by atoms with Crippen molar-refractivity contribution in [2.75, 3.05) is 13.2 Å². The number of aromatic nitrogens is 2. The maximum atomic E-state index is 14.6. The van der Waals surface area contributed by atoms with E-state index < -0.39 is 138 Å². The van der Waals surface area contributed by atoms with Crippen molar-refractivity contribution in [1.82, 2.24) is 9.97 Å².